The van der Waals surface area contributed by atoms with E-state index >= 15 is 0 Å². The molecule has 3 heteroatoms. The van der Waals surface area contributed by atoms with Gasteiger partial charge in [0.2, 0.25) is 0 Å². The lowest BCUT2D eigenvalue weighted by Gasteiger charge is -2.47. The summed E-state index contributed by atoms with van der Waals surface area (Å²) >= 11 is 0. The number of likely N-dealkylation sites (tertiary alicyclic amines) is 1. The first-order valence-corrected chi connectivity index (χ1v) is 10.5. The van der Waals surface area contributed by atoms with Crippen LogP contribution in [0.2, 0.25) is 0 Å². The predicted octanol–water partition coefficient (Wildman–Crippen LogP) is 5.13. The summed E-state index contributed by atoms with van der Waals surface area (Å²) in [4.78, 5) is 2.74. The minimum atomic E-state index is -0.00849. The normalized spacial score (nSPS) is 34.8. The van der Waals surface area contributed by atoms with Gasteiger partial charge in [0, 0.05) is 19.2 Å². The van der Waals surface area contributed by atoms with Gasteiger partial charge in [0.25, 0.3) is 0 Å². The molecule has 25 heavy (non-hydrogen) atoms. The van der Waals surface area contributed by atoms with E-state index < -0.39 is 0 Å². The molecule has 1 saturated carbocycles. The van der Waals surface area contributed by atoms with Crippen molar-refractivity contribution in [2.24, 2.45) is 17.8 Å². The van der Waals surface area contributed by atoms with Crippen molar-refractivity contribution >= 4 is 0 Å². The smallest absolute Gasteiger partial charge is 0.0602 e. The van der Waals surface area contributed by atoms with E-state index in [0.29, 0.717) is 12.1 Å². The van der Waals surface area contributed by atoms with E-state index in [-0.39, 0.29) is 11.2 Å². The van der Waals surface area contributed by atoms with E-state index in [2.05, 4.69) is 60.3 Å². The standard InChI is InChI=1S/C22H43NO2/c1-16-17(2)23(11-9-19(16)10-12-24-21(3,4)5)15-18-13-20(14-18)25-22(6,7)8/h16-20H,9-15H2,1-8H3/t16-,17+,18?,19-,20?/m0/s1. The molecule has 0 amide bonds. The number of nitrogens with zero attached hydrogens (tertiary/aromatic N) is 1. The van der Waals surface area contributed by atoms with E-state index in [1.165, 1.54) is 38.8 Å². The van der Waals surface area contributed by atoms with Gasteiger partial charge in [0.05, 0.1) is 17.3 Å². The van der Waals surface area contributed by atoms with Gasteiger partial charge in [-0.3, -0.25) is 0 Å². The number of ether oxygens (including phenoxy) is 2. The Balaban J connectivity index is 1.70. The molecule has 0 bridgehead atoms. The van der Waals surface area contributed by atoms with Gasteiger partial charge < -0.3 is 14.4 Å². The highest BCUT2D eigenvalue weighted by molar-refractivity contribution is 4.90. The second-order valence-corrected chi connectivity index (χ2v) is 10.6. The number of hydrogen-bond donors (Lipinski definition) is 0. The number of rotatable bonds is 6. The molecule has 0 aromatic rings. The second-order valence-electron chi connectivity index (χ2n) is 10.6. The van der Waals surface area contributed by atoms with Gasteiger partial charge in [0.15, 0.2) is 0 Å². The van der Waals surface area contributed by atoms with Crippen LogP contribution in [0.3, 0.4) is 0 Å². The Kier molecular flexibility index (Phi) is 7.01. The Labute approximate surface area is 156 Å². The van der Waals surface area contributed by atoms with Gasteiger partial charge >= 0.3 is 0 Å². The fourth-order valence-electron chi connectivity index (χ4n) is 4.46. The van der Waals surface area contributed by atoms with E-state index in [9.17, 15) is 0 Å². The summed E-state index contributed by atoms with van der Waals surface area (Å²) in [5.41, 5.74) is -0.00361. The molecule has 1 saturated heterocycles. The molecule has 0 N–H and O–H groups in total. The lowest BCUT2D eigenvalue weighted by molar-refractivity contribution is -0.119. The van der Waals surface area contributed by atoms with Crippen molar-refractivity contribution in [3.8, 4) is 0 Å². The third kappa shape index (κ3) is 6.84. The molecule has 3 atom stereocenters. The van der Waals surface area contributed by atoms with Gasteiger partial charge in [-0.15, -0.1) is 0 Å². The fraction of sp³-hybridized carbons (Fsp3) is 1.00. The summed E-state index contributed by atoms with van der Waals surface area (Å²) in [5.74, 6) is 2.41. The Morgan fingerprint density at radius 2 is 1.60 bits per heavy atom. The second kappa shape index (κ2) is 8.27. The molecule has 1 aliphatic carbocycles. The van der Waals surface area contributed by atoms with E-state index in [0.717, 1.165) is 24.4 Å². The fourth-order valence-corrected chi connectivity index (χ4v) is 4.46. The number of hydrogen-bond acceptors (Lipinski definition) is 3. The third-order valence-electron chi connectivity index (χ3n) is 6.10. The molecule has 148 valence electrons. The maximum Gasteiger partial charge on any atom is 0.0602 e. The highest BCUT2D eigenvalue weighted by atomic mass is 16.5. The molecule has 0 radical (unpaired) electrons. The Morgan fingerprint density at radius 3 is 2.16 bits per heavy atom. The molecule has 2 aliphatic rings. The Hall–Kier alpha value is -0.120. The first kappa shape index (κ1) is 21.2. The summed E-state index contributed by atoms with van der Waals surface area (Å²) in [6.07, 6.45) is 5.52. The first-order chi connectivity index (χ1) is 11.4. The molecule has 3 nitrogen and oxygen atoms in total. The molecule has 0 aromatic heterocycles. The molecule has 2 rings (SSSR count). The van der Waals surface area contributed by atoms with Gasteiger partial charge in [-0.2, -0.15) is 0 Å². The maximum atomic E-state index is 6.10. The van der Waals surface area contributed by atoms with Crippen molar-refractivity contribution in [1.29, 1.82) is 0 Å². The summed E-state index contributed by atoms with van der Waals surface area (Å²) in [6.45, 7) is 21.3. The summed E-state index contributed by atoms with van der Waals surface area (Å²) in [6, 6.07) is 0.691. The molecule has 2 fully saturated rings. The summed E-state index contributed by atoms with van der Waals surface area (Å²) in [5, 5.41) is 0. The van der Waals surface area contributed by atoms with Crippen LogP contribution in [0.5, 0.6) is 0 Å². The van der Waals surface area contributed by atoms with Crippen molar-refractivity contribution in [3.05, 3.63) is 0 Å². The van der Waals surface area contributed by atoms with E-state index in [4.69, 9.17) is 9.47 Å². The van der Waals surface area contributed by atoms with Crippen LogP contribution in [0.1, 0.15) is 81.1 Å². The van der Waals surface area contributed by atoms with Crippen LogP contribution in [0.15, 0.2) is 0 Å². The van der Waals surface area contributed by atoms with Crippen LogP contribution in [0, 0.1) is 17.8 Å². The van der Waals surface area contributed by atoms with Crippen LogP contribution in [-0.4, -0.2) is 47.9 Å². The highest BCUT2D eigenvalue weighted by Gasteiger charge is 2.38. The third-order valence-corrected chi connectivity index (χ3v) is 6.10. The van der Waals surface area contributed by atoms with Crippen molar-refractivity contribution in [2.45, 2.75) is 104 Å². The molecule has 0 unspecified atom stereocenters. The van der Waals surface area contributed by atoms with Crippen molar-refractivity contribution in [2.75, 3.05) is 19.7 Å². The predicted molar refractivity (Wildman–Crippen MR) is 106 cm³/mol. The van der Waals surface area contributed by atoms with Crippen molar-refractivity contribution in [1.82, 2.24) is 4.90 Å². The minimum Gasteiger partial charge on any atom is -0.376 e. The maximum absolute atomic E-state index is 6.10. The SMILES string of the molecule is C[C@@H]1[C@H](CCOC(C)(C)C)CCN(CC2CC(OC(C)(C)C)C2)[C@@H]1C. The van der Waals surface area contributed by atoms with Gasteiger partial charge in [-0.05, 0) is 98.4 Å². The van der Waals surface area contributed by atoms with Crippen molar-refractivity contribution < 1.29 is 9.47 Å². The lowest BCUT2D eigenvalue weighted by atomic mass is 9.77. The molecular formula is C22H43NO2. The minimum absolute atomic E-state index is 0.00487. The molecule has 1 heterocycles. The topological polar surface area (TPSA) is 21.7 Å². The average Bonchev–Trinajstić information content (AvgIpc) is 2.41. The molecular weight excluding hydrogens is 310 g/mol. The van der Waals surface area contributed by atoms with Gasteiger partial charge in [0.1, 0.15) is 0 Å². The highest BCUT2D eigenvalue weighted by Crippen LogP contribution is 2.37. The van der Waals surface area contributed by atoms with E-state index in [1.807, 2.05) is 0 Å². The molecule has 0 spiro atoms. The van der Waals surface area contributed by atoms with Crippen LogP contribution >= 0.6 is 0 Å². The monoisotopic (exact) mass is 353 g/mol. The zero-order valence-electron chi connectivity index (χ0n) is 18.1. The van der Waals surface area contributed by atoms with Crippen LogP contribution in [-0.2, 0) is 9.47 Å². The number of piperidine rings is 1. The molecule has 0 aromatic carbocycles. The van der Waals surface area contributed by atoms with E-state index in [1.54, 1.807) is 0 Å². The lowest BCUT2D eigenvalue weighted by Crippen LogP contribution is -2.51. The van der Waals surface area contributed by atoms with Crippen LogP contribution in [0.4, 0.5) is 0 Å². The van der Waals surface area contributed by atoms with Crippen LogP contribution < -0.4 is 0 Å². The quantitative estimate of drug-likeness (QED) is 0.660. The first-order valence-electron chi connectivity index (χ1n) is 10.5. The zero-order valence-corrected chi connectivity index (χ0v) is 18.1. The Morgan fingerprint density at radius 1 is 0.960 bits per heavy atom. The van der Waals surface area contributed by atoms with Gasteiger partial charge in [-0.25, -0.2) is 0 Å². The van der Waals surface area contributed by atoms with Crippen molar-refractivity contribution in [3.63, 3.8) is 0 Å². The Bertz CT molecular complexity index is 403. The largest absolute Gasteiger partial charge is 0.376 e. The summed E-state index contributed by atoms with van der Waals surface area (Å²) < 4.78 is 12.1. The summed E-state index contributed by atoms with van der Waals surface area (Å²) in [7, 11) is 0. The average molecular weight is 354 g/mol. The van der Waals surface area contributed by atoms with Gasteiger partial charge in [-0.1, -0.05) is 6.92 Å². The van der Waals surface area contributed by atoms with Crippen LogP contribution in [0.25, 0.3) is 0 Å². The molecule has 1 aliphatic heterocycles. The zero-order chi connectivity index (χ0) is 18.8.